The number of hydrogen-bond acceptors (Lipinski definition) is 3. The molecule has 1 aromatic heterocycles. The van der Waals surface area contributed by atoms with Crippen molar-refractivity contribution >= 4 is 32.7 Å². The highest BCUT2D eigenvalue weighted by molar-refractivity contribution is 9.10. The third-order valence-electron chi connectivity index (χ3n) is 4.35. The highest BCUT2D eigenvalue weighted by Crippen LogP contribution is 2.32. The number of rotatable bonds is 4. The van der Waals surface area contributed by atoms with Gasteiger partial charge in [0.05, 0.1) is 12.6 Å². The molecule has 0 spiro atoms. The van der Waals surface area contributed by atoms with E-state index in [2.05, 4.69) is 51.4 Å². The van der Waals surface area contributed by atoms with Crippen molar-refractivity contribution in [3.05, 3.63) is 33.9 Å². The Bertz CT molecular complexity index is 719. The molecule has 0 aliphatic heterocycles. The van der Waals surface area contributed by atoms with Gasteiger partial charge in [0.1, 0.15) is 5.54 Å². The molecule has 1 amide bonds. The van der Waals surface area contributed by atoms with E-state index in [0.29, 0.717) is 19.4 Å². The van der Waals surface area contributed by atoms with Gasteiger partial charge in [-0.15, -0.1) is 0 Å². The molecule has 1 aliphatic rings. The first-order chi connectivity index (χ1) is 10.4. The largest absolute Gasteiger partial charge is 0.381 e. The van der Waals surface area contributed by atoms with Gasteiger partial charge >= 0.3 is 0 Å². The molecule has 0 radical (unpaired) electrons. The van der Waals surface area contributed by atoms with Gasteiger partial charge in [-0.05, 0) is 30.7 Å². The van der Waals surface area contributed by atoms with E-state index in [0.717, 1.165) is 21.1 Å². The number of nitrogens with two attached hydrogens (primary N) is 1. The molecule has 0 unspecified atom stereocenters. The number of fused-ring (bicyclic) bond motifs is 1. The molecule has 118 valence electrons. The Morgan fingerprint density at radius 1 is 1.50 bits per heavy atom. The van der Waals surface area contributed by atoms with Crippen LogP contribution in [0, 0.1) is 6.92 Å². The van der Waals surface area contributed by atoms with Crippen molar-refractivity contribution in [2.45, 2.75) is 38.0 Å². The maximum atomic E-state index is 12.2. The van der Waals surface area contributed by atoms with Crippen LogP contribution in [-0.2, 0) is 16.1 Å². The van der Waals surface area contributed by atoms with Gasteiger partial charge in [0.25, 0.3) is 0 Å². The minimum atomic E-state index is -0.786. The molecule has 6 heteroatoms. The average molecular weight is 366 g/mol. The summed E-state index contributed by atoms with van der Waals surface area (Å²) >= 11 is 3.50. The molecule has 0 bridgehead atoms. The topological polar surface area (TPSA) is 80.1 Å². The number of carbonyl (C=O) groups is 1. The molecule has 0 atom stereocenters. The summed E-state index contributed by atoms with van der Waals surface area (Å²) in [4.78, 5) is 15.6. The summed E-state index contributed by atoms with van der Waals surface area (Å²) in [6.07, 6.45) is 1.26. The minimum Gasteiger partial charge on any atom is -0.381 e. The van der Waals surface area contributed by atoms with Crippen LogP contribution in [0.1, 0.15) is 24.1 Å². The molecule has 2 aromatic rings. The van der Waals surface area contributed by atoms with Gasteiger partial charge in [-0.2, -0.15) is 0 Å². The SMILES string of the molecule is COC1CC(N)(C(=O)NCc2cc3cc(Br)cc(C)c3[nH]2)C1. The predicted octanol–water partition coefficient (Wildman–Crippen LogP) is 2.36. The summed E-state index contributed by atoms with van der Waals surface area (Å²) in [5, 5.41) is 4.05. The maximum Gasteiger partial charge on any atom is 0.240 e. The minimum absolute atomic E-state index is 0.101. The second kappa shape index (κ2) is 5.68. The summed E-state index contributed by atoms with van der Waals surface area (Å²) in [6, 6.07) is 6.17. The van der Waals surface area contributed by atoms with Gasteiger partial charge in [0.15, 0.2) is 0 Å². The van der Waals surface area contributed by atoms with E-state index in [1.807, 2.05) is 0 Å². The fourth-order valence-electron chi connectivity index (χ4n) is 2.99. The smallest absolute Gasteiger partial charge is 0.240 e. The zero-order valence-corrected chi connectivity index (χ0v) is 14.3. The molecule has 4 N–H and O–H groups in total. The summed E-state index contributed by atoms with van der Waals surface area (Å²) < 4.78 is 6.24. The molecule has 22 heavy (non-hydrogen) atoms. The molecule has 0 saturated heterocycles. The van der Waals surface area contributed by atoms with Crippen LogP contribution in [0.15, 0.2) is 22.7 Å². The highest BCUT2D eigenvalue weighted by Gasteiger charge is 2.47. The first-order valence-electron chi connectivity index (χ1n) is 7.29. The molecule has 1 aliphatic carbocycles. The third-order valence-corrected chi connectivity index (χ3v) is 4.81. The molecular formula is C16H20BrN3O2. The zero-order valence-electron chi connectivity index (χ0n) is 12.7. The van der Waals surface area contributed by atoms with Crippen LogP contribution in [0.4, 0.5) is 0 Å². The Kier molecular flexibility index (Phi) is 4.01. The van der Waals surface area contributed by atoms with Gasteiger partial charge in [-0.25, -0.2) is 0 Å². The van der Waals surface area contributed by atoms with Gasteiger partial charge in [-0.1, -0.05) is 15.9 Å². The second-order valence-corrected chi connectivity index (χ2v) is 7.00. The second-order valence-electron chi connectivity index (χ2n) is 6.09. The van der Waals surface area contributed by atoms with Crippen molar-refractivity contribution in [2.75, 3.05) is 7.11 Å². The van der Waals surface area contributed by atoms with Crippen LogP contribution in [0.2, 0.25) is 0 Å². The number of halogens is 1. The Morgan fingerprint density at radius 2 is 2.23 bits per heavy atom. The number of aromatic nitrogens is 1. The summed E-state index contributed by atoms with van der Waals surface area (Å²) in [7, 11) is 1.65. The van der Waals surface area contributed by atoms with Crippen molar-refractivity contribution in [3.8, 4) is 0 Å². The van der Waals surface area contributed by atoms with Crippen molar-refractivity contribution in [1.82, 2.24) is 10.3 Å². The first-order valence-corrected chi connectivity index (χ1v) is 8.08. The molecule has 1 aromatic carbocycles. The van der Waals surface area contributed by atoms with Crippen molar-refractivity contribution in [1.29, 1.82) is 0 Å². The molecule has 3 rings (SSSR count). The number of aryl methyl sites for hydroxylation is 1. The first kappa shape index (κ1) is 15.5. The number of aromatic amines is 1. The Labute approximate surface area is 137 Å². The number of ether oxygens (including phenoxy) is 1. The number of H-pyrrole nitrogens is 1. The average Bonchev–Trinajstić information content (AvgIpc) is 2.84. The number of methoxy groups -OCH3 is 1. The third kappa shape index (κ3) is 2.78. The van der Waals surface area contributed by atoms with Crippen LogP contribution in [0.5, 0.6) is 0 Å². The summed E-state index contributed by atoms with van der Waals surface area (Å²) in [5.41, 5.74) is 8.53. The molecular weight excluding hydrogens is 346 g/mol. The lowest BCUT2D eigenvalue weighted by atomic mass is 9.74. The monoisotopic (exact) mass is 365 g/mol. The van der Waals surface area contributed by atoms with E-state index < -0.39 is 5.54 Å². The number of nitrogens with one attached hydrogen (secondary N) is 2. The normalized spacial score (nSPS) is 24.3. The molecule has 1 saturated carbocycles. The maximum absolute atomic E-state index is 12.2. The van der Waals surface area contributed by atoms with E-state index in [-0.39, 0.29) is 12.0 Å². The lowest BCUT2D eigenvalue weighted by molar-refractivity contribution is -0.135. The van der Waals surface area contributed by atoms with E-state index in [1.165, 1.54) is 5.56 Å². The van der Waals surface area contributed by atoms with Crippen LogP contribution in [-0.4, -0.2) is 29.6 Å². The number of carbonyl (C=O) groups excluding carboxylic acids is 1. The standard InChI is InChI=1S/C16H20BrN3O2/c1-9-3-11(17)4-10-5-12(20-14(9)10)8-19-15(21)16(18)6-13(7-16)22-2/h3-5,13,20H,6-8,18H2,1-2H3,(H,19,21). The Hall–Kier alpha value is -1.37. The van der Waals surface area contributed by atoms with Crippen LogP contribution < -0.4 is 11.1 Å². The van der Waals surface area contributed by atoms with E-state index in [9.17, 15) is 4.79 Å². The highest BCUT2D eigenvalue weighted by atomic mass is 79.9. The van der Waals surface area contributed by atoms with E-state index in [4.69, 9.17) is 10.5 Å². The molecule has 5 nitrogen and oxygen atoms in total. The number of benzene rings is 1. The fourth-order valence-corrected chi connectivity index (χ4v) is 3.58. The van der Waals surface area contributed by atoms with Gasteiger partial charge in [0.2, 0.25) is 5.91 Å². The lowest BCUT2D eigenvalue weighted by Crippen LogP contribution is -2.64. The van der Waals surface area contributed by atoms with Gasteiger partial charge in [-0.3, -0.25) is 4.79 Å². The van der Waals surface area contributed by atoms with Crippen LogP contribution >= 0.6 is 15.9 Å². The molecule has 1 fully saturated rings. The predicted molar refractivity (Wildman–Crippen MR) is 89.5 cm³/mol. The lowest BCUT2D eigenvalue weighted by Gasteiger charge is -2.42. The van der Waals surface area contributed by atoms with Crippen molar-refractivity contribution in [2.24, 2.45) is 5.73 Å². The number of hydrogen-bond donors (Lipinski definition) is 3. The summed E-state index contributed by atoms with van der Waals surface area (Å²) in [6.45, 7) is 2.50. The molecule has 1 heterocycles. The van der Waals surface area contributed by atoms with E-state index >= 15 is 0 Å². The Balaban J connectivity index is 1.67. The van der Waals surface area contributed by atoms with Crippen LogP contribution in [0.25, 0.3) is 10.9 Å². The summed E-state index contributed by atoms with van der Waals surface area (Å²) in [5.74, 6) is -0.114. The van der Waals surface area contributed by atoms with Crippen LogP contribution in [0.3, 0.4) is 0 Å². The quantitative estimate of drug-likeness (QED) is 0.777. The number of amides is 1. The van der Waals surface area contributed by atoms with Gasteiger partial charge < -0.3 is 20.8 Å². The van der Waals surface area contributed by atoms with E-state index in [1.54, 1.807) is 7.11 Å². The van der Waals surface area contributed by atoms with Gasteiger partial charge in [0, 0.05) is 41.0 Å². The fraction of sp³-hybridized carbons (Fsp3) is 0.438. The Morgan fingerprint density at radius 3 is 2.91 bits per heavy atom. The zero-order chi connectivity index (χ0) is 15.9. The van der Waals surface area contributed by atoms with Crippen molar-refractivity contribution < 1.29 is 9.53 Å². The van der Waals surface area contributed by atoms with Crippen molar-refractivity contribution in [3.63, 3.8) is 0 Å².